The number of ether oxygens (including phenoxy) is 2. The molecule has 0 saturated carbocycles. The quantitative estimate of drug-likeness (QED) is 0.548. The summed E-state index contributed by atoms with van der Waals surface area (Å²) in [5, 5.41) is 0.637. The molecule has 0 radical (unpaired) electrons. The Balaban J connectivity index is 1.37. The predicted molar refractivity (Wildman–Crippen MR) is 125 cm³/mol. The molecule has 9 nitrogen and oxygen atoms in total. The molecule has 1 fully saturated rings. The molecule has 3 aromatic rings. The minimum Gasteiger partial charge on any atom is -0.486 e. The van der Waals surface area contributed by atoms with Crippen molar-refractivity contribution in [1.29, 1.82) is 0 Å². The van der Waals surface area contributed by atoms with Crippen LogP contribution in [0.15, 0.2) is 48.5 Å². The predicted octanol–water partition coefficient (Wildman–Crippen LogP) is 2.26. The topological polar surface area (TPSA) is 124 Å². The van der Waals surface area contributed by atoms with E-state index in [-0.39, 0.29) is 23.8 Å². The highest BCUT2D eigenvalue weighted by Crippen LogP contribution is 2.35. The van der Waals surface area contributed by atoms with Gasteiger partial charge >= 0.3 is 0 Å². The first-order valence-electron chi connectivity index (χ1n) is 11.0. The van der Waals surface area contributed by atoms with Crippen LogP contribution in [0, 0.1) is 5.92 Å². The van der Waals surface area contributed by atoms with Gasteiger partial charge in [-0.1, -0.05) is 18.2 Å². The van der Waals surface area contributed by atoms with Crippen molar-refractivity contribution in [2.75, 3.05) is 24.7 Å². The number of fused-ring (bicyclic) bond motifs is 2. The highest BCUT2D eigenvalue weighted by molar-refractivity contribution is 7.91. The number of hydrazine groups is 1. The fraction of sp³-hybridized carbons (Fsp3) is 0.292. The van der Waals surface area contributed by atoms with Crippen LogP contribution in [0.25, 0.3) is 22.2 Å². The molecule has 1 saturated heterocycles. The summed E-state index contributed by atoms with van der Waals surface area (Å²) < 4.78 is 34.5. The second-order valence-corrected chi connectivity index (χ2v) is 10.6. The second-order valence-electron chi connectivity index (χ2n) is 8.41. The Hall–Kier alpha value is -3.66. The van der Waals surface area contributed by atoms with Gasteiger partial charge in [0.1, 0.15) is 13.2 Å². The van der Waals surface area contributed by atoms with Crippen LogP contribution in [-0.4, -0.2) is 49.9 Å². The van der Waals surface area contributed by atoms with Crippen molar-refractivity contribution in [3.8, 4) is 22.8 Å². The van der Waals surface area contributed by atoms with Crippen LogP contribution in [0.2, 0.25) is 0 Å². The number of carbonyl (C=O) groups excluding carboxylic acids is 2. The van der Waals surface area contributed by atoms with Crippen LogP contribution in [-0.2, 0) is 14.6 Å². The number of benzene rings is 2. The van der Waals surface area contributed by atoms with Gasteiger partial charge in [0, 0.05) is 17.4 Å². The largest absolute Gasteiger partial charge is 0.486 e. The summed E-state index contributed by atoms with van der Waals surface area (Å²) >= 11 is 0. The summed E-state index contributed by atoms with van der Waals surface area (Å²) in [4.78, 5) is 30.0. The molecule has 2 aromatic carbocycles. The number of para-hydroxylation sites is 1. The third-order valence-electron chi connectivity index (χ3n) is 5.92. The zero-order valence-electron chi connectivity index (χ0n) is 18.2. The molecule has 176 valence electrons. The van der Waals surface area contributed by atoms with Crippen LogP contribution in [0.1, 0.15) is 23.2 Å². The molecular formula is C24H23N3O6S. The maximum atomic E-state index is 13.0. The highest BCUT2D eigenvalue weighted by Gasteiger charge is 2.29. The van der Waals surface area contributed by atoms with Gasteiger partial charge < -0.3 is 9.47 Å². The van der Waals surface area contributed by atoms with Crippen molar-refractivity contribution in [2.45, 2.75) is 12.8 Å². The SMILES string of the molecule is O=C(CC1CCS(=O)(=O)C1)NNC(=O)c1cc(-c2ccc3c(c2)OCCO3)nc2ccccc12. The lowest BCUT2D eigenvalue weighted by Gasteiger charge is -2.19. The van der Waals surface area contributed by atoms with Crippen molar-refractivity contribution in [1.82, 2.24) is 15.8 Å². The van der Waals surface area contributed by atoms with Crippen molar-refractivity contribution in [2.24, 2.45) is 5.92 Å². The van der Waals surface area contributed by atoms with Gasteiger partial charge in [-0.25, -0.2) is 13.4 Å². The van der Waals surface area contributed by atoms with E-state index in [4.69, 9.17) is 14.5 Å². The van der Waals surface area contributed by atoms with E-state index in [0.29, 0.717) is 53.3 Å². The Labute approximate surface area is 196 Å². The van der Waals surface area contributed by atoms with Crippen molar-refractivity contribution in [3.63, 3.8) is 0 Å². The summed E-state index contributed by atoms with van der Waals surface area (Å²) in [6, 6.07) is 14.4. The minimum absolute atomic E-state index is 0.00223. The monoisotopic (exact) mass is 481 g/mol. The molecule has 34 heavy (non-hydrogen) atoms. The number of carbonyl (C=O) groups is 2. The second kappa shape index (κ2) is 8.94. The van der Waals surface area contributed by atoms with Crippen LogP contribution in [0.3, 0.4) is 0 Å². The number of hydrogen-bond acceptors (Lipinski definition) is 7. The first-order valence-corrected chi connectivity index (χ1v) is 12.8. The molecule has 5 rings (SSSR count). The van der Waals surface area contributed by atoms with E-state index in [1.54, 1.807) is 12.1 Å². The molecule has 1 unspecified atom stereocenters. The molecule has 2 aliphatic heterocycles. The Morgan fingerprint density at radius 1 is 1.00 bits per heavy atom. The number of nitrogens with one attached hydrogen (secondary N) is 2. The van der Waals surface area contributed by atoms with Crippen LogP contribution in [0.5, 0.6) is 11.5 Å². The molecule has 1 aromatic heterocycles. The molecule has 10 heteroatoms. The summed E-state index contributed by atoms with van der Waals surface area (Å²) in [6.45, 7) is 0.953. The molecule has 2 N–H and O–H groups in total. The number of nitrogens with zero attached hydrogens (tertiary/aromatic N) is 1. The molecule has 0 aliphatic carbocycles. The lowest BCUT2D eigenvalue weighted by Crippen LogP contribution is -2.42. The lowest BCUT2D eigenvalue weighted by molar-refractivity contribution is -0.122. The summed E-state index contributed by atoms with van der Waals surface area (Å²) in [6.07, 6.45) is 0.497. The summed E-state index contributed by atoms with van der Waals surface area (Å²) in [5.74, 6) is 0.221. The van der Waals surface area contributed by atoms with E-state index in [1.807, 2.05) is 36.4 Å². The number of sulfone groups is 1. The van der Waals surface area contributed by atoms with E-state index in [1.165, 1.54) is 0 Å². The van der Waals surface area contributed by atoms with E-state index in [2.05, 4.69) is 10.9 Å². The van der Waals surface area contributed by atoms with Gasteiger partial charge in [0.15, 0.2) is 21.3 Å². The van der Waals surface area contributed by atoms with Crippen LogP contribution < -0.4 is 20.3 Å². The Morgan fingerprint density at radius 2 is 1.79 bits per heavy atom. The van der Waals surface area contributed by atoms with Gasteiger partial charge in [-0.3, -0.25) is 20.4 Å². The molecule has 2 amide bonds. The molecular weight excluding hydrogens is 458 g/mol. The van der Waals surface area contributed by atoms with Crippen molar-refractivity contribution < 1.29 is 27.5 Å². The average Bonchev–Trinajstić information content (AvgIpc) is 3.19. The fourth-order valence-corrected chi connectivity index (χ4v) is 6.12. The first kappa shape index (κ1) is 22.1. The summed E-state index contributed by atoms with van der Waals surface area (Å²) in [5.41, 5.74) is 7.17. The molecule has 0 bridgehead atoms. The third kappa shape index (κ3) is 4.67. The van der Waals surface area contributed by atoms with E-state index in [9.17, 15) is 18.0 Å². The smallest absolute Gasteiger partial charge is 0.270 e. The number of rotatable bonds is 4. The third-order valence-corrected chi connectivity index (χ3v) is 7.75. The van der Waals surface area contributed by atoms with Gasteiger partial charge in [-0.15, -0.1) is 0 Å². The number of aromatic nitrogens is 1. The van der Waals surface area contributed by atoms with Gasteiger partial charge in [0.05, 0.1) is 28.3 Å². The number of pyridine rings is 1. The van der Waals surface area contributed by atoms with E-state index >= 15 is 0 Å². The Morgan fingerprint density at radius 3 is 2.59 bits per heavy atom. The molecule has 1 atom stereocenters. The lowest BCUT2D eigenvalue weighted by atomic mass is 10.0. The fourth-order valence-electron chi connectivity index (χ4n) is 4.25. The van der Waals surface area contributed by atoms with E-state index in [0.717, 1.165) is 5.56 Å². The van der Waals surface area contributed by atoms with Crippen LogP contribution in [0.4, 0.5) is 0 Å². The summed E-state index contributed by atoms with van der Waals surface area (Å²) in [7, 11) is -3.07. The normalized spacial score (nSPS) is 18.4. The highest BCUT2D eigenvalue weighted by atomic mass is 32.2. The molecule has 0 spiro atoms. The Kier molecular flexibility index (Phi) is 5.82. The zero-order valence-corrected chi connectivity index (χ0v) is 19.1. The minimum atomic E-state index is -3.07. The van der Waals surface area contributed by atoms with Crippen molar-refractivity contribution >= 4 is 32.6 Å². The van der Waals surface area contributed by atoms with Gasteiger partial charge in [0.25, 0.3) is 5.91 Å². The van der Waals surface area contributed by atoms with Crippen LogP contribution >= 0.6 is 0 Å². The standard InChI is InChI=1S/C24H23N3O6S/c28-23(11-15-7-10-34(30,31)14-15)26-27-24(29)18-13-20(25-19-4-2-1-3-17(18)19)16-5-6-21-22(12-16)33-9-8-32-21/h1-6,12-13,15H,7-11,14H2,(H,26,28)(H,27,29). The molecule has 2 aliphatic rings. The molecule has 3 heterocycles. The van der Waals surface area contributed by atoms with Gasteiger partial charge in [0.2, 0.25) is 5.91 Å². The van der Waals surface area contributed by atoms with Crippen molar-refractivity contribution in [3.05, 3.63) is 54.1 Å². The Bertz CT molecular complexity index is 1390. The maximum absolute atomic E-state index is 13.0. The average molecular weight is 482 g/mol. The first-order chi connectivity index (χ1) is 16.4. The van der Waals surface area contributed by atoms with Gasteiger partial charge in [-0.05, 0) is 42.7 Å². The maximum Gasteiger partial charge on any atom is 0.270 e. The van der Waals surface area contributed by atoms with E-state index < -0.39 is 21.7 Å². The zero-order chi connectivity index (χ0) is 23.7. The number of amides is 2. The van der Waals surface area contributed by atoms with Gasteiger partial charge in [-0.2, -0.15) is 0 Å². The number of hydrogen-bond donors (Lipinski definition) is 2.